The Kier molecular flexibility index (Phi) is 3.44. The highest BCUT2D eigenvalue weighted by atomic mass is 32.1. The summed E-state index contributed by atoms with van der Waals surface area (Å²) in [6, 6.07) is 2.19. The molecule has 84 valence electrons. The number of hydrogen-bond acceptors (Lipinski definition) is 3. The number of aryl methyl sites for hydroxylation is 1. The summed E-state index contributed by atoms with van der Waals surface area (Å²) in [6.07, 6.45) is 1.30. The quantitative estimate of drug-likeness (QED) is 0.819. The van der Waals surface area contributed by atoms with Gasteiger partial charge in [-0.15, -0.1) is 11.3 Å². The lowest BCUT2D eigenvalue weighted by Gasteiger charge is -2.22. The number of thiophene rings is 1. The molecule has 1 aliphatic heterocycles. The molecule has 2 nitrogen and oxygen atoms in total. The Morgan fingerprint density at radius 1 is 1.60 bits per heavy atom. The Balaban J connectivity index is 1.77. The van der Waals surface area contributed by atoms with Gasteiger partial charge in [0.15, 0.2) is 0 Å². The van der Waals surface area contributed by atoms with Gasteiger partial charge in [-0.2, -0.15) is 0 Å². The van der Waals surface area contributed by atoms with Gasteiger partial charge >= 0.3 is 0 Å². The third-order valence-corrected chi connectivity index (χ3v) is 4.29. The van der Waals surface area contributed by atoms with E-state index in [0.29, 0.717) is 5.41 Å². The van der Waals surface area contributed by atoms with E-state index in [0.717, 1.165) is 19.6 Å². The van der Waals surface area contributed by atoms with Crippen LogP contribution in [0.2, 0.25) is 0 Å². The van der Waals surface area contributed by atoms with Crippen LogP contribution in [0.3, 0.4) is 0 Å². The van der Waals surface area contributed by atoms with E-state index in [4.69, 9.17) is 0 Å². The fraction of sp³-hybridized carbons (Fsp3) is 0.667. The van der Waals surface area contributed by atoms with Gasteiger partial charge < -0.3 is 10.6 Å². The summed E-state index contributed by atoms with van der Waals surface area (Å²) >= 11 is 1.85. The highest BCUT2D eigenvalue weighted by molar-refractivity contribution is 7.10. The van der Waals surface area contributed by atoms with Gasteiger partial charge in [0.25, 0.3) is 0 Å². The lowest BCUT2D eigenvalue weighted by molar-refractivity contribution is 0.339. The molecule has 1 unspecified atom stereocenters. The van der Waals surface area contributed by atoms with Crippen LogP contribution in [0.5, 0.6) is 0 Å². The van der Waals surface area contributed by atoms with E-state index >= 15 is 0 Å². The van der Waals surface area contributed by atoms with Gasteiger partial charge in [0.2, 0.25) is 0 Å². The highest BCUT2D eigenvalue weighted by Gasteiger charge is 2.27. The largest absolute Gasteiger partial charge is 0.316 e. The lowest BCUT2D eigenvalue weighted by Crippen LogP contribution is -2.33. The van der Waals surface area contributed by atoms with E-state index in [1.165, 1.54) is 23.4 Å². The first kappa shape index (κ1) is 11.1. The lowest BCUT2D eigenvalue weighted by atomic mass is 9.90. The van der Waals surface area contributed by atoms with Crippen molar-refractivity contribution in [2.75, 3.05) is 19.6 Å². The fourth-order valence-corrected chi connectivity index (χ4v) is 2.96. The first-order valence-electron chi connectivity index (χ1n) is 5.64. The van der Waals surface area contributed by atoms with Crippen molar-refractivity contribution < 1.29 is 0 Å². The van der Waals surface area contributed by atoms with Crippen molar-refractivity contribution in [1.82, 2.24) is 10.6 Å². The minimum absolute atomic E-state index is 0.463. The molecule has 1 fully saturated rings. The van der Waals surface area contributed by atoms with Crippen molar-refractivity contribution in [3.8, 4) is 0 Å². The molecule has 0 aromatic carbocycles. The average molecular weight is 224 g/mol. The van der Waals surface area contributed by atoms with Crippen LogP contribution in [-0.2, 0) is 6.54 Å². The second kappa shape index (κ2) is 4.64. The molecule has 3 heteroatoms. The van der Waals surface area contributed by atoms with Crippen molar-refractivity contribution in [3.05, 3.63) is 21.9 Å². The maximum Gasteiger partial charge on any atom is 0.0302 e. The van der Waals surface area contributed by atoms with Crippen LogP contribution in [0.25, 0.3) is 0 Å². The van der Waals surface area contributed by atoms with Crippen LogP contribution < -0.4 is 10.6 Å². The fourth-order valence-electron chi connectivity index (χ4n) is 2.08. The molecule has 0 aliphatic carbocycles. The van der Waals surface area contributed by atoms with Gasteiger partial charge in [0, 0.05) is 24.5 Å². The molecule has 0 bridgehead atoms. The molecule has 1 aliphatic rings. The zero-order valence-corrected chi connectivity index (χ0v) is 10.4. The summed E-state index contributed by atoms with van der Waals surface area (Å²) in [7, 11) is 0. The summed E-state index contributed by atoms with van der Waals surface area (Å²) in [4.78, 5) is 1.48. The van der Waals surface area contributed by atoms with Gasteiger partial charge in [-0.25, -0.2) is 0 Å². The maximum atomic E-state index is 3.58. The van der Waals surface area contributed by atoms with E-state index in [2.05, 4.69) is 35.9 Å². The Hall–Kier alpha value is -0.380. The highest BCUT2D eigenvalue weighted by Crippen LogP contribution is 2.23. The molecule has 0 radical (unpaired) electrons. The molecule has 0 spiro atoms. The third kappa shape index (κ3) is 2.80. The Morgan fingerprint density at radius 3 is 3.07 bits per heavy atom. The van der Waals surface area contributed by atoms with E-state index in [-0.39, 0.29) is 0 Å². The predicted octanol–water partition coefficient (Wildman–Crippen LogP) is 2.15. The summed E-state index contributed by atoms with van der Waals surface area (Å²) in [5, 5.41) is 9.18. The van der Waals surface area contributed by atoms with Gasteiger partial charge in [-0.1, -0.05) is 6.92 Å². The van der Waals surface area contributed by atoms with E-state index < -0.39 is 0 Å². The predicted molar refractivity (Wildman–Crippen MR) is 66.4 cm³/mol. The van der Waals surface area contributed by atoms with Crippen LogP contribution >= 0.6 is 11.3 Å². The van der Waals surface area contributed by atoms with Crippen LogP contribution in [0.1, 0.15) is 23.8 Å². The number of nitrogens with one attached hydrogen (secondary N) is 2. The molecule has 2 N–H and O–H groups in total. The molecular weight excluding hydrogens is 204 g/mol. The number of hydrogen-bond donors (Lipinski definition) is 2. The van der Waals surface area contributed by atoms with Gasteiger partial charge in [0.1, 0.15) is 0 Å². The summed E-state index contributed by atoms with van der Waals surface area (Å²) in [6.45, 7) is 9.03. The first-order valence-corrected chi connectivity index (χ1v) is 6.52. The normalized spacial score (nSPS) is 26.0. The minimum Gasteiger partial charge on any atom is -0.316 e. The molecule has 0 amide bonds. The summed E-state index contributed by atoms with van der Waals surface area (Å²) in [5.74, 6) is 0. The van der Waals surface area contributed by atoms with Crippen molar-refractivity contribution in [2.24, 2.45) is 5.41 Å². The van der Waals surface area contributed by atoms with Crippen molar-refractivity contribution in [1.29, 1.82) is 0 Å². The molecule has 2 rings (SSSR count). The molecule has 1 aromatic rings. The van der Waals surface area contributed by atoms with Crippen molar-refractivity contribution in [3.63, 3.8) is 0 Å². The molecule has 0 saturated carbocycles. The van der Waals surface area contributed by atoms with Gasteiger partial charge in [0.05, 0.1) is 0 Å². The second-order valence-electron chi connectivity index (χ2n) is 4.87. The second-order valence-corrected chi connectivity index (χ2v) is 5.87. The zero-order valence-electron chi connectivity index (χ0n) is 9.60. The summed E-state index contributed by atoms with van der Waals surface area (Å²) in [5.41, 5.74) is 1.88. The minimum atomic E-state index is 0.463. The topological polar surface area (TPSA) is 24.1 Å². The molecule has 1 atom stereocenters. The molecule has 1 saturated heterocycles. The van der Waals surface area contributed by atoms with Crippen molar-refractivity contribution >= 4 is 11.3 Å². The zero-order chi connectivity index (χ0) is 10.7. The Bertz CT molecular complexity index is 313. The monoisotopic (exact) mass is 224 g/mol. The van der Waals surface area contributed by atoms with Crippen LogP contribution in [0.15, 0.2) is 11.4 Å². The Labute approximate surface area is 96.1 Å². The molecule has 15 heavy (non-hydrogen) atoms. The Morgan fingerprint density at radius 2 is 2.47 bits per heavy atom. The van der Waals surface area contributed by atoms with Crippen LogP contribution in [0, 0.1) is 12.3 Å². The SMILES string of the molecule is Cc1ccsc1CNCC1(C)CCNC1. The van der Waals surface area contributed by atoms with Gasteiger partial charge in [-0.3, -0.25) is 0 Å². The molecular formula is C12H20N2S. The standard InChI is InChI=1S/C12H20N2S/c1-10-3-6-15-11(10)7-14-9-12(2)4-5-13-8-12/h3,6,13-14H,4-5,7-9H2,1-2H3. The first-order chi connectivity index (χ1) is 7.20. The van der Waals surface area contributed by atoms with E-state index in [9.17, 15) is 0 Å². The van der Waals surface area contributed by atoms with E-state index in [1.54, 1.807) is 0 Å². The molecule has 1 aromatic heterocycles. The van der Waals surface area contributed by atoms with Crippen LogP contribution in [0.4, 0.5) is 0 Å². The van der Waals surface area contributed by atoms with Gasteiger partial charge in [-0.05, 0) is 42.3 Å². The number of rotatable bonds is 4. The summed E-state index contributed by atoms with van der Waals surface area (Å²) < 4.78 is 0. The molecule has 2 heterocycles. The third-order valence-electron chi connectivity index (χ3n) is 3.26. The smallest absolute Gasteiger partial charge is 0.0302 e. The van der Waals surface area contributed by atoms with E-state index in [1.807, 2.05) is 11.3 Å². The maximum absolute atomic E-state index is 3.58. The average Bonchev–Trinajstić information content (AvgIpc) is 2.78. The van der Waals surface area contributed by atoms with Crippen molar-refractivity contribution in [2.45, 2.75) is 26.8 Å². The van der Waals surface area contributed by atoms with Crippen LogP contribution in [-0.4, -0.2) is 19.6 Å².